The van der Waals surface area contributed by atoms with Crippen LogP contribution in [0.2, 0.25) is 0 Å². The Balaban J connectivity index is 2.38. The van der Waals surface area contributed by atoms with Crippen LogP contribution in [-0.4, -0.2) is 43.9 Å². The first-order valence-corrected chi connectivity index (χ1v) is 6.81. The van der Waals surface area contributed by atoms with Crippen LogP contribution in [0, 0.1) is 0 Å². The van der Waals surface area contributed by atoms with Gasteiger partial charge in [0, 0.05) is 0 Å². The Bertz CT molecular complexity index is 401. The molecule has 5 nitrogen and oxygen atoms in total. The van der Waals surface area contributed by atoms with Crippen molar-refractivity contribution in [1.29, 1.82) is 0 Å². The molecule has 0 aliphatic rings. The molecular formula is C15H23NO4. The normalized spacial score (nSPS) is 12.1. The van der Waals surface area contributed by atoms with Gasteiger partial charge < -0.3 is 14.2 Å². The Labute approximate surface area is 120 Å². The number of nitrogens with zero attached hydrogens (tertiary/aromatic N) is 1. The minimum atomic E-state index is -0.375. The van der Waals surface area contributed by atoms with Crippen LogP contribution >= 0.6 is 0 Å². The number of rotatable bonds is 8. The van der Waals surface area contributed by atoms with Crippen molar-refractivity contribution in [2.24, 2.45) is 0 Å². The quantitative estimate of drug-likeness (QED) is 0.540. The average Bonchev–Trinajstić information content (AvgIpc) is 2.47. The molecule has 1 aromatic carbocycles. The van der Waals surface area contributed by atoms with E-state index >= 15 is 0 Å². The second-order valence-electron chi connectivity index (χ2n) is 4.27. The molecule has 0 N–H and O–H groups in total. The highest BCUT2D eigenvalue weighted by molar-refractivity contribution is 5.71. The molecule has 0 amide bonds. The van der Waals surface area contributed by atoms with E-state index in [4.69, 9.17) is 14.2 Å². The molecule has 0 saturated carbocycles. The van der Waals surface area contributed by atoms with Gasteiger partial charge in [-0.1, -0.05) is 13.8 Å². The number of hydrogen-bond donors (Lipinski definition) is 0. The molecular weight excluding hydrogens is 258 g/mol. The largest absolute Gasteiger partial charge is 0.497 e. The summed E-state index contributed by atoms with van der Waals surface area (Å²) < 4.78 is 15.7. The highest BCUT2D eigenvalue weighted by Gasteiger charge is 2.15. The Hall–Kier alpha value is -1.75. The number of carbonyl (C=O) groups excluding carboxylic acids is 1. The summed E-state index contributed by atoms with van der Waals surface area (Å²) in [7, 11) is 1.60. The predicted octanol–water partition coefficient (Wildman–Crippen LogP) is 2.30. The molecule has 0 bridgehead atoms. The first-order chi connectivity index (χ1) is 9.60. The molecule has 0 spiro atoms. The van der Waals surface area contributed by atoms with Crippen LogP contribution in [0.3, 0.4) is 0 Å². The van der Waals surface area contributed by atoms with Gasteiger partial charge in [-0.2, -0.15) is 0 Å². The third-order valence-corrected chi connectivity index (χ3v) is 3.04. The molecule has 5 heteroatoms. The van der Waals surface area contributed by atoms with E-state index in [9.17, 15) is 4.79 Å². The standard InChI is InChI=1S/C15H23NO4/c1-5-16(6-2)12(3)20-15(17)11-19-14-9-7-13(18-4)8-10-14/h7-10,12H,5-6,11H2,1-4H3. The summed E-state index contributed by atoms with van der Waals surface area (Å²) in [6, 6.07) is 7.05. The van der Waals surface area contributed by atoms with Crippen molar-refractivity contribution < 1.29 is 19.0 Å². The van der Waals surface area contributed by atoms with Gasteiger partial charge in [-0.25, -0.2) is 4.79 Å². The Morgan fingerprint density at radius 3 is 2.20 bits per heavy atom. The van der Waals surface area contributed by atoms with Crippen molar-refractivity contribution >= 4 is 5.97 Å². The molecule has 0 radical (unpaired) electrons. The lowest BCUT2D eigenvalue weighted by molar-refractivity contribution is -0.159. The van der Waals surface area contributed by atoms with E-state index < -0.39 is 0 Å². The number of benzene rings is 1. The summed E-state index contributed by atoms with van der Waals surface area (Å²) in [5, 5.41) is 0. The van der Waals surface area contributed by atoms with E-state index in [0.29, 0.717) is 5.75 Å². The van der Waals surface area contributed by atoms with Gasteiger partial charge in [-0.15, -0.1) is 0 Å². The van der Waals surface area contributed by atoms with Crippen LogP contribution in [0.1, 0.15) is 20.8 Å². The molecule has 0 saturated heterocycles. The van der Waals surface area contributed by atoms with Gasteiger partial charge in [0.2, 0.25) is 0 Å². The molecule has 0 aliphatic heterocycles. The number of methoxy groups -OCH3 is 1. The maximum atomic E-state index is 11.7. The van der Waals surface area contributed by atoms with Gasteiger partial charge in [0.1, 0.15) is 11.5 Å². The minimum absolute atomic E-state index is 0.0993. The van der Waals surface area contributed by atoms with E-state index in [0.717, 1.165) is 18.8 Å². The van der Waals surface area contributed by atoms with E-state index in [-0.39, 0.29) is 18.8 Å². The van der Waals surface area contributed by atoms with Crippen LogP contribution in [0.25, 0.3) is 0 Å². The van der Waals surface area contributed by atoms with E-state index in [1.54, 1.807) is 31.4 Å². The Kier molecular flexibility index (Phi) is 6.87. The highest BCUT2D eigenvalue weighted by Crippen LogP contribution is 2.16. The summed E-state index contributed by atoms with van der Waals surface area (Å²) in [6.45, 7) is 7.49. The van der Waals surface area contributed by atoms with Gasteiger partial charge in [0.25, 0.3) is 0 Å². The zero-order valence-electron chi connectivity index (χ0n) is 12.6. The first-order valence-electron chi connectivity index (χ1n) is 6.81. The van der Waals surface area contributed by atoms with Gasteiger partial charge in [0.05, 0.1) is 7.11 Å². The zero-order valence-corrected chi connectivity index (χ0v) is 12.6. The lowest BCUT2D eigenvalue weighted by Gasteiger charge is -2.25. The summed E-state index contributed by atoms with van der Waals surface area (Å²) in [4.78, 5) is 13.7. The van der Waals surface area contributed by atoms with Crippen LogP contribution in [0.4, 0.5) is 0 Å². The number of ether oxygens (including phenoxy) is 3. The third kappa shape index (κ3) is 5.09. The zero-order chi connectivity index (χ0) is 15.0. The Morgan fingerprint density at radius 2 is 1.70 bits per heavy atom. The SMILES string of the molecule is CCN(CC)C(C)OC(=O)COc1ccc(OC)cc1. The fraction of sp³-hybridized carbons (Fsp3) is 0.533. The van der Waals surface area contributed by atoms with Gasteiger partial charge in [-0.05, 0) is 44.3 Å². The van der Waals surface area contributed by atoms with E-state index in [1.165, 1.54) is 0 Å². The predicted molar refractivity (Wildman–Crippen MR) is 77.0 cm³/mol. The summed E-state index contributed by atoms with van der Waals surface area (Å²) >= 11 is 0. The monoisotopic (exact) mass is 281 g/mol. The molecule has 0 aromatic heterocycles. The Morgan fingerprint density at radius 1 is 1.15 bits per heavy atom. The van der Waals surface area contributed by atoms with Crippen molar-refractivity contribution in [2.45, 2.75) is 27.0 Å². The summed E-state index contributed by atoms with van der Waals surface area (Å²) in [6.07, 6.45) is -0.239. The third-order valence-electron chi connectivity index (χ3n) is 3.04. The van der Waals surface area contributed by atoms with Crippen LogP contribution < -0.4 is 9.47 Å². The lowest BCUT2D eigenvalue weighted by Crippen LogP contribution is -2.37. The average molecular weight is 281 g/mol. The second-order valence-corrected chi connectivity index (χ2v) is 4.27. The molecule has 1 aromatic rings. The molecule has 112 valence electrons. The van der Waals surface area contributed by atoms with Crippen molar-refractivity contribution in [3.05, 3.63) is 24.3 Å². The van der Waals surface area contributed by atoms with Crippen molar-refractivity contribution in [1.82, 2.24) is 4.90 Å². The summed E-state index contributed by atoms with van der Waals surface area (Å²) in [5.74, 6) is 0.980. The maximum absolute atomic E-state index is 11.7. The van der Waals surface area contributed by atoms with Gasteiger partial charge in [-0.3, -0.25) is 4.90 Å². The van der Waals surface area contributed by atoms with E-state index in [1.807, 2.05) is 25.7 Å². The fourth-order valence-electron chi connectivity index (χ4n) is 1.85. The number of esters is 1. The molecule has 20 heavy (non-hydrogen) atoms. The molecule has 1 unspecified atom stereocenters. The first kappa shape index (κ1) is 16.3. The smallest absolute Gasteiger partial charge is 0.345 e. The van der Waals surface area contributed by atoms with Crippen molar-refractivity contribution in [2.75, 3.05) is 26.8 Å². The fourth-order valence-corrected chi connectivity index (χ4v) is 1.85. The second kappa shape index (κ2) is 8.43. The number of carbonyl (C=O) groups is 1. The van der Waals surface area contributed by atoms with Crippen molar-refractivity contribution in [3.8, 4) is 11.5 Å². The molecule has 1 atom stereocenters. The van der Waals surface area contributed by atoms with E-state index in [2.05, 4.69) is 0 Å². The maximum Gasteiger partial charge on any atom is 0.345 e. The minimum Gasteiger partial charge on any atom is -0.497 e. The molecule has 1 rings (SSSR count). The van der Waals surface area contributed by atoms with Crippen LogP contribution in [0.5, 0.6) is 11.5 Å². The lowest BCUT2D eigenvalue weighted by atomic mass is 10.3. The van der Waals surface area contributed by atoms with Gasteiger partial charge >= 0.3 is 5.97 Å². The molecule has 0 heterocycles. The van der Waals surface area contributed by atoms with Crippen LogP contribution in [-0.2, 0) is 9.53 Å². The van der Waals surface area contributed by atoms with Crippen molar-refractivity contribution in [3.63, 3.8) is 0 Å². The molecule has 0 aliphatic carbocycles. The highest BCUT2D eigenvalue weighted by atomic mass is 16.6. The molecule has 0 fully saturated rings. The van der Waals surface area contributed by atoms with Crippen LogP contribution in [0.15, 0.2) is 24.3 Å². The van der Waals surface area contributed by atoms with Gasteiger partial charge in [0.15, 0.2) is 12.8 Å². The summed E-state index contributed by atoms with van der Waals surface area (Å²) in [5.41, 5.74) is 0. The topological polar surface area (TPSA) is 48.0 Å². The number of hydrogen-bond acceptors (Lipinski definition) is 5.